The maximum atomic E-state index is 13.1. The molecule has 3 heterocycles. The van der Waals surface area contributed by atoms with Gasteiger partial charge in [0.05, 0.1) is 0 Å². The monoisotopic (exact) mass is 346 g/mol. The minimum atomic E-state index is 0.129. The number of oxazole rings is 1. The molecule has 4 heteroatoms. The molecule has 4 nitrogen and oxygen atoms in total. The highest BCUT2D eigenvalue weighted by molar-refractivity contribution is 6.00. The summed E-state index contributed by atoms with van der Waals surface area (Å²) in [5.41, 5.74) is 3.64. The van der Waals surface area contributed by atoms with Crippen molar-refractivity contribution in [3.63, 3.8) is 0 Å². The Labute approximate surface area is 152 Å². The van der Waals surface area contributed by atoms with Crippen molar-refractivity contribution in [2.75, 3.05) is 0 Å². The molecule has 0 spiro atoms. The largest absolute Gasteiger partial charge is 0.443 e. The fraction of sp³-hybridized carbons (Fsp3) is 0.364. The first-order valence-electron chi connectivity index (χ1n) is 9.45. The zero-order chi connectivity index (χ0) is 17.5. The zero-order valence-corrected chi connectivity index (χ0v) is 14.7. The number of rotatable bonds is 4. The second-order valence-corrected chi connectivity index (χ2v) is 7.61. The van der Waals surface area contributed by atoms with Gasteiger partial charge in [0, 0.05) is 30.1 Å². The highest BCUT2D eigenvalue weighted by Crippen LogP contribution is 2.40. The lowest BCUT2D eigenvalue weighted by Crippen LogP contribution is -2.44. The number of hydrogen-bond donors (Lipinski definition) is 0. The van der Waals surface area contributed by atoms with Gasteiger partial charge in [-0.3, -0.25) is 9.69 Å². The van der Waals surface area contributed by atoms with Gasteiger partial charge in [-0.1, -0.05) is 30.3 Å². The molecule has 2 saturated heterocycles. The molecular weight excluding hydrogens is 324 g/mol. The van der Waals surface area contributed by atoms with E-state index in [1.807, 2.05) is 18.2 Å². The first-order chi connectivity index (χ1) is 12.8. The number of hydrogen-bond acceptors (Lipinski definition) is 4. The molecule has 2 aromatic carbocycles. The van der Waals surface area contributed by atoms with E-state index in [4.69, 9.17) is 4.42 Å². The van der Waals surface area contributed by atoms with Crippen LogP contribution in [0.25, 0.3) is 11.1 Å². The van der Waals surface area contributed by atoms with E-state index in [1.54, 1.807) is 0 Å². The van der Waals surface area contributed by atoms with Crippen LogP contribution in [0.15, 0.2) is 59.3 Å². The van der Waals surface area contributed by atoms with E-state index in [0.29, 0.717) is 12.1 Å². The Hall–Kier alpha value is -2.46. The molecule has 2 bridgehead atoms. The van der Waals surface area contributed by atoms with Gasteiger partial charge in [-0.2, -0.15) is 0 Å². The van der Waals surface area contributed by atoms with Crippen LogP contribution in [-0.4, -0.2) is 27.8 Å². The van der Waals surface area contributed by atoms with Gasteiger partial charge in [-0.05, 0) is 49.4 Å². The van der Waals surface area contributed by atoms with Gasteiger partial charge in [0.15, 0.2) is 17.8 Å². The Balaban J connectivity index is 1.33. The van der Waals surface area contributed by atoms with Crippen molar-refractivity contribution in [2.24, 2.45) is 5.92 Å². The molecule has 0 aliphatic carbocycles. The van der Waals surface area contributed by atoms with Crippen LogP contribution < -0.4 is 0 Å². The van der Waals surface area contributed by atoms with Gasteiger partial charge in [-0.15, -0.1) is 0 Å². The molecule has 1 aromatic heterocycles. The predicted octanol–water partition coefficient (Wildman–Crippen LogP) is 4.45. The normalized spacial score (nSPS) is 25.6. The Morgan fingerprint density at radius 1 is 1.08 bits per heavy atom. The van der Waals surface area contributed by atoms with Crippen molar-refractivity contribution in [2.45, 2.75) is 44.3 Å². The SMILES string of the molecule is O=C(c1ccc2ocnc2c1)C1CC2CCC(C1)N2Cc1ccccc1. The van der Waals surface area contributed by atoms with E-state index in [-0.39, 0.29) is 11.7 Å². The quantitative estimate of drug-likeness (QED) is 0.655. The van der Waals surface area contributed by atoms with Crippen molar-refractivity contribution in [1.29, 1.82) is 0 Å². The topological polar surface area (TPSA) is 46.3 Å². The van der Waals surface area contributed by atoms with Crippen molar-refractivity contribution < 1.29 is 9.21 Å². The minimum Gasteiger partial charge on any atom is -0.443 e. The van der Waals surface area contributed by atoms with Crippen molar-refractivity contribution in [1.82, 2.24) is 9.88 Å². The lowest BCUT2D eigenvalue weighted by Gasteiger charge is -2.38. The molecule has 0 saturated carbocycles. The minimum absolute atomic E-state index is 0.129. The average molecular weight is 346 g/mol. The fourth-order valence-corrected chi connectivity index (χ4v) is 4.79. The number of aromatic nitrogens is 1. The van der Waals surface area contributed by atoms with Crippen molar-refractivity contribution in [3.8, 4) is 0 Å². The molecule has 2 aliphatic heterocycles. The molecule has 3 aromatic rings. The maximum Gasteiger partial charge on any atom is 0.181 e. The lowest BCUT2D eigenvalue weighted by molar-refractivity contribution is 0.0678. The first-order valence-corrected chi connectivity index (χ1v) is 9.45. The number of ketones is 1. The van der Waals surface area contributed by atoms with E-state index >= 15 is 0 Å². The molecular formula is C22H22N2O2. The number of piperidine rings is 1. The Morgan fingerprint density at radius 3 is 2.62 bits per heavy atom. The van der Waals surface area contributed by atoms with Gasteiger partial charge >= 0.3 is 0 Å². The second-order valence-electron chi connectivity index (χ2n) is 7.61. The van der Waals surface area contributed by atoms with Gasteiger partial charge in [-0.25, -0.2) is 4.98 Å². The molecule has 0 N–H and O–H groups in total. The zero-order valence-electron chi connectivity index (χ0n) is 14.7. The van der Waals surface area contributed by atoms with E-state index in [9.17, 15) is 4.79 Å². The van der Waals surface area contributed by atoms with Gasteiger partial charge < -0.3 is 4.42 Å². The summed E-state index contributed by atoms with van der Waals surface area (Å²) in [4.78, 5) is 19.9. The number of carbonyl (C=O) groups is 1. The lowest BCUT2D eigenvalue weighted by atomic mass is 9.84. The number of fused-ring (bicyclic) bond motifs is 3. The predicted molar refractivity (Wildman–Crippen MR) is 99.9 cm³/mol. The molecule has 132 valence electrons. The highest BCUT2D eigenvalue weighted by atomic mass is 16.3. The summed E-state index contributed by atoms with van der Waals surface area (Å²) < 4.78 is 5.28. The van der Waals surface area contributed by atoms with E-state index in [2.05, 4.69) is 40.2 Å². The second kappa shape index (κ2) is 6.36. The van der Waals surface area contributed by atoms with Crippen LogP contribution in [0.2, 0.25) is 0 Å². The third-order valence-electron chi connectivity index (χ3n) is 6.08. The van der Waals surface area contributed by atoms with Crippen LogP contribution in [0.1, 0.15) is 41.6 Å². The summed E-state index contributed by atoms with van der Waals surface area (Å²) in [5.74, 6) is 0.398. The average Bonchev–Trinajstić information content (AvgIpc) is 3.22. The summed E-state index contributed by atoms with van der Waals surface area (Å²) in [6.45, 7) is 1.00. The summed E-state index contributed by atoms with van der Waals surface area (Å²) in [6, 6.07) is 17.3. The summed E-state index contributed by atoms with van der Waals surface area (Å²) >= 11 is 0. The molecule has 2 atom stereocenters. The van der Waals surface area contributed by atoms with Gasteiger partial charge in [0.2, 0.25) is 0 Å². The summed E-state index contributed by atoms with van der Waals surface area (Å²) in [7, 11) is 0. The molecule has 2 fully saturated rings. The summed E-state index contributed by atoms with van der Waals surface area (Å²) in [6.07, 6.45) is 5.80. The van der Waals surface area contributed by atoms with Gasteiger partial charge in [0.25, 0.3) is 0 Å². The first kappa shape index (κ1) is 15.8. The molecule has 0 amide bonds. The Morgan fingerprint density at radius 2 is 1.85 bits per heavy atom. The van der Waals surface area contributed by atoms with Crippen LogP contribution in [-0.2, 0) is 6.54 Å². The van der Waals surface area contributed by atoms with Crippen LogP contribution in [0.4, 0.5) is 0 Å². The molecule has 2 aliphatic rings. The number of Topliss-reactive ketones (excluding diaryl/α,β-unsaturated/α-hetero) is 1. The number of nitrogens with zero attached hydrogens (tertiary/aromatic N) is 2. The maximum absolute atomic E-state index is 13.1. The fourth-order valence-electron chi connectivity index (χ4n) is 4.79. The smallest absolute Gasteiger partial charge is 0.181 e. The van der Waals surface area contributed by atoms with E-state index in [1.165, 1.54) is 24.8 Å². The summed E-state index contributed by atoms with van der Waals surface area (Å²) in [5, 5.41) is 0. The molecule has 26 heavy (non-hydrogen) atoms. The molecule has 0 radical (unpaired) electrons. The van der Waals surface area contributed by atoms with Crippen LogP contribution in [0.3, 0.4) is 0 Å². The van der Waals surface area contributed by atoms with E-state index < -0.39 is 0 Å². The third kappa shape index (κ3) is 2.74. The Bertz CT molecular complexity index is 919. The number of carbonyl (C=O) groups excluding carboxylic acids is 1. The van der Waals surface area contributed by atoms with Crippen LogP contribution in [0, 0.1) is 5.92 Å². The number of benzene rings is 2. The van der Waals surface area contributed by atoms with Gasteiger partial charge in [0.1, 0.15) is 5.52 Å². The van der Waals surface area contributed by atoms with Crippen molar-refractivity contribution >= 4 is 16.9 Å². The van der Waals surface area contributed by atoms with Crippen LogP contribution >= 0.6 is 0 Å². The van der Waals surface area contributed by atoms with Crippen molar-refractivity contribution in [3.05, 3.63) is 66.1 Å². The molecule has 2 unspecified atom stereocenters. The Kier molecular flexibility index (Phi) is 3.86. The molecule has 5 rings (SSSR count). The third-order valence-corrected chi connectivity index (χ3v) is 6.08. The van der Waals surface area contributed by atoms with Crippen LogP contribution in [0.5, 0.6) is 0 Å². The standard InChI is InChI=1S/C22H22N2O2/c25-22(16-6-9-21-20(12-16)23-14-26-21)17-10-18-7-8-19(11-17)24(18)13-15-4-2-1-3-5-15/h1-6,9,12,14,17-19H,7-8,10-11,13H2. The highest BCUT2D eigenvalue weighted by Gasteiger charge is 2.42. The van der Waals surface area contributed by atoms with E-state index in [0.717, 1.165) is 36.0 Å².